The molecule has 0 bridgehead atoms. The zero-order chi connectivity index (χ0) is 9.97. The van der Waals surface area contributed by atoms with Crippen molar-refractivity contribution in [3.05, 3.63) is 56.7 Å². The number of carbonyl (C=O) groups excluding carboxylic acids is 1. The normalized spacial score (nSPS) is 10.1. The zero-order valence-corrected chi connectivity index (χ0v) is 9.64. The lowest BCUT2D eigenvalue weighted by Crippen LogP contribution is -1.98. The summed E-state index contributed by atoms with van der Waals surface area (Å²) < 4.78 is 0.983. The summed E-state index contributed by atoms with van der Waals surface area (Å²) in [6.45, 7) is 0. The van der Waals surface area contributed by atoms with Gasteiger partial charge in [0.2, 0.25) is 0 Å². The summed E-state index contributed by atoms with van der Waals surface area (Å²) in [7, 11) is 0. The summed E-state index contributed by atoms with van der Waals surface area (Å²) in [4.78, 5) is 11.8. The molecule has 0 aliphatic heterocycles. The van der Waals surface area contributed by atoms with Crippen LogP contribution in [0.25, 0.3) is 0 Å². The van der Waals surface area contributed by atoms with Crippen molar-refractivity contribution >= 4 is 33.0 Å². The van der Waals surface area contributed by atoms with Gasteiger partial charge >= 0.3 is 0 Å². The second-order valence-corrected chi connectivity index (χ2v) is 5.13. The van der Waals surface area contributed by atoms with E-state index in [1.54, 1.807) is 0 Å². The SMILES string of the molecule is O=C(c1ccccc1)c1csc(Br)c1. The minimum atomic E-state index is 0.0764. The van der Waals surface area contributed by atoms with Crippen LogP contribution in [-0.2, 0) is 0 Å². The van der Waals surface area contributed by atoms with Crippen molar-refractivity contribution in [2.45, 2.75) is 0 Å². The molecule has 0 spiro atoms. The Bertz CT molecular complexity index is 447. The Morgan fingerprint density at radius 3 is 2.43 bits per heavy atom. The first-order valence-corrected chi connectivity index (χ1v) is 5.78. The average molecular weight is 267 g/mol. The summed E-state index contributed by atoms with van der Waals surface area (Å²) in [5.74, 6) is 0.0764. The zero-order valence-electron chi connectivity index (χ0n) is 7.24. The fourth-order valence-electron chi connectivity index (χ4n) is 1.19. The monoisotopic (exact) mass is 266 g/mol. The number of carbonyl (C=O) groups is 1. The Kier molecular flexibility index (Phi) is 2.79. The minimum absolute atomic E-state index is 0.0764. The van der Waals surface area contributed by atoms with Crippen molar-refractivity contribution < 1.29 is 4.79 Å². The van der Waals surface area contributed by atoms with Crippen LogP contribution in [0.5, 0.6) is 0 Å². The van der Waals surface area contributed by atoms with Gasteiger partial charge in [0.05, 0.1) is 3.79 Å². The van der Waals surface area contributed by atoms with Crippen LogP contribution in [0.15, 0.2) is 45.6 Å². The molecule has 0 atom stereocenters. The van der Waals surface area contributed by atoms with E-state index < -0.39 is 0 Å². The van der Waals surface area contributed by atoms with Crippen LogP contribution in [0.1, 0.15) is 15.9 Å². The van der Waals surface area contributed by atoms with Gasteiger partial charge in [-0.3, -0.25) is 4.79 Å². The van der Waals surface area contributed by atoms with Gasteiger partial charge in [0.15, 0.2) is 5.78 Å². The van der Waals surface area contributed by atoms with E-state index in [4.69, 9.17) is 0 Å². The number of hydrogen-bond acceptors (Lipinski definition) is 2. The van der Waals surface area contributed by atoms with Crippen LogP contribution in [-0.4, -0.2) is 5.78 Å². The lowest BCUT2D eigenvalue weighted by molar-refractivity contribution is 0.103. The number of rotatable bonds is 2. The van der Waals surface area contributed by atoms with Crippen LogP contribution < -0.4 is 0 Å². The molecular weight excluding hydrogens is 260 g/mol. The average Bonchev–Trinajstić information content (AvgIpc) is 2.65. The van der Waals surface area contributed by atoms with E-state index in [0.29, 0.717) is 0 Å². The highest BCUT2D eigenvalue weighted by molar-refractivity contribution is 9.11. The van der Waals surface area contributed by atoms with Gasteiger partial charge in [-0.05, 0) is 22.0 Å². The second kappa shape index (κ2) is 4.07. The second-order valence-electron chi connectivity index (χ2n) is 2.83. The first kappa shape index (κ1) is 9.62. The van der Waals surface area contributed by atoms with Gasteiger partial charge in [-0.25, -0.2) is 0 Å². The number of benzene rings is 1. The van der Waals surface area contributed by atoms with E-state index in [9.17, 15) is 4.79 Å². The summed E-state index contributed by atoms with van der Waals surface area (Å²) in [6.07, 6.45) is 0. The third-order valence-corrected chi connectivity index (χ3v) is 3.37. The molecule has 0 radical (unpaired) electrons. The maximum absolute atomic E-state index is 11.8. The van der Waals surface area contributed by atoms with Crippen molar-refractivity contribution in [3.8, 4) is 0 Å². The third-order valence-electron chi connectivity index (χ3n) is 1.87. The summed E-state index contributed by atoms with van der Waals surface area (Å²) in [6, 6.07) is 11.1. The molecule has 0 saturated heterocycles. The molecule has 2 aromatic rings. The topological polar surface area (TPSA) is 17.1 Å². The highest BCUT2D eigenvalue weighted by Gasteiger charge is 2.09. The maximum Gasteiger partial charge on any atom is 0.193 e. The smallest absolute Gasteiger partial charge is 0.193 e. The Balaban J connectivity index is 2.34. The van der Waals surface area contributed by atoms with Gasteiger partial charge in [-0.2, -0.15) is 0 Å². The molecule has 0 saturated carbocycles. The fourth-order valence-corrected chi connectivity index (χ4v) is 2.32. The molecule has 0 unspecified atom stereocenters. The van der Waals surface area contributed by atoms with Crippen LogP contribution in [0, 0.1) is 0 Å². The van der Waals surface area contributed by atoms with Crippen LogP contribution in [0.3, 0.4) is 0 Å². The van der Waals surface area contributed by atoms with Gasteiger partial charge in [0.1, 0.15) is 0 Å². The predicted octanol–water partition coefficient (Wildman–Crippen LogP) is 3.74. The summed E-state index contributed by atoms with van der Waals surface area (Å²) in [5.41, 5.74) is 1.48. The fraction of sp³-hybridized carbons (Fsp3) is 0. The molecule has 0 amide bonds. The Hall–Kier alpha value is -0.930. The summed E-state index contributed by atoms with van der Waals surface area (Å²) in [5, 5.41) is 1.86. The maximum atomic E-state index is 11.8. The standard InChI is InChI=1S/C11H7BrOS/c12-10-6-9(7-14-10)11(13)8-4-2-1-3-5-8/h1-7H. The Labute approximate surface area is 94.5 Å². The van der Waals surface area contributed by atoms with Gasteiger partial charge in [0.25, 0.3) is 0 Å². The van der Waals surface area contributed by atoms with E-state index in [2.05, 4.69) is 15.9 Å². The van der Waals surface area contributed by atoms with Gasteiger partial charge in [0, 0.05) is 16.5 Å². The molecule has 0 fully saturated rings. The van der Waals surface area contributed by atoms with Gasteiger partial charge < -0.3 is 0 Å². The van der Waals surface area contributed by atoms with Gasteiger partial charge in [-0.15, -0.1) is 11.3 Å². The van der Waals surface area contributed by atoms with Crippen molar-refractivity contribution in [3.63, 3.8) is 0 Å². The van der Waals surface area contributed by atoms with Crippen LogP contribution >= 0.6 is 27.3 Å². The molecule has 1 heterocycles. The lowest BCUT2D eigenvalue weighted by Gasteiger charge is -1.96. The highest BCUT2D eigenvalue weighted by Crippen LogP contribution is 2.22. The molecule has 14 heavy (non-hydrogen) atoms. The number of hydrogen-bond donors (Lipinski definition) is 0. The molecule has 0 aliphatic carbocycles. The largest absolute Gasteiger partial charge is 0.289 e. The van der Waals surface area contributed by atoms with E-state index in [1.165, 1.54) is 11.3 Å². The third kappa shape index (κ3) is 1.94. The predicted molar refractivity (Wildman–Crippen MR) is 61.9 cm³/mol. The molecule has 3 heteroatoms. The van der Waals surface area contributed by atoms with Crippen LogP contribution in [0.4, 0.5) is 0 Å². The van der Waals surface area contributed by atoms with E-state index >= 15 is 0 Å². The minimum Gasteiger partial charge on any atom is -0.289 e. The number of ketones is 1. The molecule has 1 aromatic carbocycles. The van der Waals surface area contributed by atoms with Crippen LogP contribution in [0.2, 0.25) is 0 Å². The first-order chi connectivity index (χ1) is 6.77. The van der Waals surface area contributed by atoms with E-state index in [-0.39, 0.29) is 5.78 Å². The quantitative estimate of drug-likeness (QED) is 0.757. The Morgan fingerprint density at radius 2 is 1.86 bits per heavy atom. The molecule has 70 valence electrons. The van der Waals surface area contributed by atoms with E-state index in [0.717, 1.165) is 14.9 Å². The Morgan fingerprint density at radius 1 is 1.14 bits per heavy atom. The molecular formula is C11H7BrOS. The van der Waals surface area contributed by atoms with Crippen molar-refractivity contribution in [2.75, 3.05) is 0 Å². The highest BCUT2D eigenvalue weighted by atomic mass is 79.9. The van der Waals surface area contributed by atoms with Gasteiger partial charge in [-0.1, -0.05) is 30.3 Å². The van der Waals surface area contributed by atoms with Crippen molar-refractivity contribution in [2.24, 2.45) is 0 Å². The molecule has 1 aromatic heterocycles. The molecule has 2 rings (SSSR count). The molecule has 1 nitrogen and oxygen atoms in total. The lowest BCUT2D eigenvalue weighted by atomic mass is 10.1. The van der Waals surface area contributed by atoms with Crippen molar-refractivity contribution in [1.29, 1.82) is 0 Å². The number of halogens is 1. The van der Waals surface area contributed by atoms with E-state index in [1.807, 2.05) is 41.8 Å². The van der Waals surface area contributed by atoms with Crippen molar-refractivity contribution in [1.82, 2.24) is 0 Å². The molecule has 0 aliphatic rings. The molecule has 0 N–H and O–H groups in total. The number of thiophene rings is 1. The first-order valence-electron chi connectivity index (χ1n) is 4.11. The summed E-state index contributed by atoms with van der Waals surface area (Å²) >= 11 is 4.86.